The van der Waals surface area contributed by atoms with E-state index in [1.807, 2.05) is 18.2 Å². The third-order valence-corrected chi connectivity index (χ3v) is 4.56. The van der Waals surface area contributed by atoms with Crippen LogP contribution in [0.1, 0.15) is 43.8 Å². The van der Waals surface area contributed by atoms with Crippen molar-refractivity contribution in [2.75, 3.05) is 7.11 Å². The monoisotopic (exact) mass is 310 g/mol. The van der Waals surface area contributed by atoms with E-state index in [1.54, 1.807) is 6.07 Å². The number of rotatable bonds is 2. The van der Waals surface area contributed by atoms with Gasteiger partial charge < -0.3 is 14.2 Å². The number of halogens is 1. The van der Waals surface area contributed by atoms with Crippen LogP contribution in [-0.2, 0) is 19.0 Å². The molecule has 2 aliphatic rings. The van der Waals surface area contributed by atoms with Crippen molar-refractivity contribution in [3.05, 3.63) is 34.9 Å². The summed E-state index contributed by atoms with van der Waals surface area (Å²) in [7, 11) is 1.36. The van der Waals surface area contributed by atoms with Gasteiger partial charge >= 0.3 is 5.97 Å². The number of carbonyl (C=O) groups excluding carboxylic acids is 1. The zero-order valence-electron chi connectivity index (χ0n) is 12.0. The van der Waals surface area contributed by atoms with E-state index >= 15 is 0 Å². The van der Waals surface area contributed by atoms with Crippen LogP contribution < -0.4 is 0 Å². The molecule has 1 aromatic carbocycles. The van der Waals surface area contributed by atoms with Crippen LogP contribution in [-0.4, -0.2) is 25.0 Å². The molecule has 0 N–H and O–H groups in total. The van der Waals surface area contributed by atoms with E-state index in [0.717, 1.165) is 31.2 Å². The quantitative estimate of drug-likeness (QED) is 0.782. The first-order chi connectivity index (χ1) is 10.2. The van der Waals surface area contributed by atoms with E-state index in [4.69, 9.17) is 25.8 Å². The minimum atomic E-state index is -0.756. The fourth-order valence-corrected chi connectivity index (χ4v) is 3.40. The molecule has 0 radical (unpaired) electrons. The summed E-state index contributed by atoms with van der Waals surface area (Å²) in [4.78, 5) is 12.1. The number of carbonyl (C=O) groups is 1. The Balaban J connectivity index is 1.92. The SMILES string of the molecule is COC(=O)C1OC2(CCCCC2)O[C@@H]1c1ccccc1Cl. The number of hydrogen-bond acceptors (Lipinski definition) is 4. The Kier molecular flexibility index (Phi) is 4.20. The van der Waals surface area contributed by atoms with Crippen LogP contribution in [0.15, 0.2) is 24.3 Å². The van der Waals surface area contributed by atoms with Crippen molar-refractivity contribution in [1.82, 2.24) is 0 Å². The van der Waals surface area contributed by atoms with Gasteiger partial charge in [0.1, 0.15) is 6.10 Å². The molecule has 2 fully saturated rings. The minimum absolute atomic E-state index is 0.414. The molecule has 1 unspecified atom stereocenters. The average Bonchev–Trinajstić information content (AvgIpc) is 2.86. The number of benzene rings is 1. The lowest BCUT2D eigenvalue weighted by molar-refractivity contribution is -0.199. The molecule has 114 valence electrons. The van der Waals surface area contributed by atoms with Gasteiger partial charge in [-0.1, -0.05) is 36.2 Å². The molecule has 1 heterocycles. The molecule has 5 heteroatoms. The molecule has 0 aromatic heterocycles. The van der Waals surface area contributed by atoms with E-state index in [-0.39, 0.29) is 0 Å². The van der Waals surface area contributed by atoms with E-state index < -0.39 is 24.0 Å². The van der Waals surface area contributed by atoms with Gasteiger partial charge in [0.05, 0.1) is 7.11 Å². The summed E-state index contributed by atoms with van der Waals surface area (Å²) in [6, 6.07) is 7.39. The van der Waals surface area contributed by atoms with Crippen LogP contribution in [0.3, 0.4) is 0 Å². The molecular formula is C16H19ClO4. The Morgan fingerprint density at radius 3 is 2.62 bits per heavy atom. The van der Waals surface area contributed by atoms with Crippen LogP contribution in [0.4, 0.5) is 0 Å². The largest absolute Gasteiger partial charge is 0.467 e. The van der Waals surface area contributed by atoms with Crippen molar-refractivity contribution in [3.8, 4) is 0 Å². The van der Waals surface area contributed by atoms with Crippen molar-refractivity contribution in [2.45, 2.75) is 50.1 Å². The second-order valence-corrected chi connectivity index (χ2v) is 6.00. The van der Waals surface area contributed by atoms with Gasteiger partial charge in [-0.15, -0.1) is 0 Å². The first kappa shape index (κ1) is 14.8. The number of methoxy groups -OCH3 is 1. The topological polar surface area (TPSA) is 44.8 Å². The molecule has 1 aliphatic heterocycles. The summed E-state index contributed by atoms with van der Waals surface area (Å²) < 4.78 is 17.1. The zero-order valence-corrected chi connectivity index (χ0v) is 12.8. The average molecular weight is 311 g/mol. The normalized spacial score (nSPS) is 27.7. The highest BCUT2D eigenvalue weighted by atomic mass is 35.5. The van der Waals surface area contributed by atoms with Gasteiger partial charge in [-0.2, -0.15) is 0 Å². The van der Waals surface area contributed by atoms with Crippen LogP contribution in [0, 0.1) is 0 Å². The van der Waals surface area contributed by atoms with E-state index in [0.29, 0.717) is 5.02 Å². The second-order valence-electron chi connectivity index (χ2n) is 5.59. The van der Waals surface area contributed by atoms with Crippen molar-refractivity contribution < 1.29 is 19.0 Å². The summed E-state index contributed by atoms with van der Waals surface area (Å²) >= 11 is 6.26. The van der Waals surface area contributed by atoms with E-state index in [1.165, 1.54) is 13.5 Å². The Morgan fingerprint density at radius 1 is 1.24 bits per heavy atom. The van der Waals surface area contributed by atoms with Gasteiger partial charge in [-0.3, -0.25) is 0 Å². The highest BCUT2D eigenvalue weighted by molar-refractivity contribution is 6.31. The molecule has 3 rings (SSSR count). The Hall–Kier alpha value is -1.10. The molecule has 21 heavy (non-hydrogen) atoms. The maximum absolute atomic E-state index is 12.1. The highest BCUT2D eigenvalue weighted by Gasteiger charge is 2.52. The number of ether oxygens (including phenoxy) is 3. The fourth-order valence-electron chi connectivity index (χ4n) is 3.16. The lowest BCUT2D eigenvalue weighted by atomic mass is 9.94. The van der Waals surface area contributed by atoms with E-state index in [2.05, 4.69) is 0 Å². The third kappa shape index (κ3) is 2.80. The summed E-state index contributed by atoms with van der Waals surface area (Å²) in [5.74, 6) is -1.08. The van der Waals surface area contributed by atoms with Crippen LogP contribution in [0.5, 0.6) is 0 Å². The molecule has 1 aliphatic carbocycles. The molecule has 0 amide bonds. The van der Waals surface area contributed by atoms with Crippen LogP contribution >= 0.6 is 11.6 Å². The number of hydrogen-bond donors (Lipinski definition) is 0. The minimum Gasteiger partial charge on any atom is -0.467 e. The standard InChI is InChI=1S/C16H19ClO4/c1-19-15(18)14-13(11-7-3-4-8-12(11)17)20-16(21-14)9-5-2-6-10-16/h3-4,7-8,13-14H,2,5-6,9-10H2,1H3/t13-,14?/m1/s1. The molecular weight excluding hydrogens is 292 g/mol. The molecule has 4 nitrogen and oxygen atoms in total. The summed E-state index contributed by atoms with van der Waals surface area (Å²) in [6.07, 6.45) is 3.61. The first-order valence-corrected chi connectivity index (χ1v) is 7.71. The van der Waals surface area contributed by atoms with Crippen molar-refractivity contribution in [2.24, 2.45) is 0 Å². The third-order valence-electron chi connectivity index (χ3n) is 4.22. The van der Waals surface area contributed by atoms with Gasteiger partial charge in [0.15, 0.2) is 11.9 Å². The molecule has 1 saturated heterocycles. The fraction of sp³-hybridized carbons (Fsp3) is 0.562. The number of esters is 1. The van der Waals surface area contributed by atoms with Crippen LogP contribution in [0.25, 0.3) is 0 Å². The smallest absolute Gasteiger partial charge is 0.338 e. The second kappa shape index (κ2) is 5.95. The summed E-state index contributed by atoms with van der Waals surface area (Å²) in [6.45, 7) is 0. The molecule has 0 bridgehead atoms. The zero-order chi connectivity index (χ0) is 14.9. The summed E-state index contributed by atoms with van der Waals surface area (Å²) in [5.41, 5.74) is 0.775. The lowest BCUT2D eigenvalue weighted by Crippen LogP contribution is -2.35. The van der Waals surface area contributed by atoms with Crippen LogP contribution in [0.2, 0.25) is 5.02 Å². The molecule has 1 saturated carbocycles. The maximum Gasteiger partial charge on any atom is 0.338 e. The van der Waals surface area contributed by atoms with Gasteiger partial charge in [-0.05, 0) is 18.9 Å². The predicted octanol–water partition coefficient (Wildman–Crippen LogP) is 3.63. The Bertz CT molecular complexity index is 525. The predicted molar refractivity (Wildman–Crippen MR) is 78.0 cm³/mol. The molecule has 2 atom stereocenters. The van der Waals surface area contributed by atoms with Gasteiger partial charge in [0.25, 0.3) is 0 Å². The lowest BCUT2D eigenvalue weighted by Gasteiger charge is -2.31. The van der Waals surface area contributed by atoms with Gasteiger partial charge in [-0.25, -0.2) is 4.79 Å². The van der Waals surface area contributed by atoms with Crippen molar-refractivity contribution in [3.63, 3.8) is 0 Å². The highest BCUT2D eigenvalue weighted by Crippen LogP contribution is 2.47. The van der Waals surface area contributed by atoms with Gasteiger partial charge in [0, 0.05) is 23.4 Å². The summed E-state index contributed by atoms with van der Waals surface area (Å²) in [5, 5.41) is 0.577. The molecule has 1 spiro atoms. The first-order valence-electron chi connectivity index (χ1n) is 7.33. The Labute approximate surface area is 129 Å². The van der Waals surface area contributed by atoms with E-state index in [9.17, 15) is 4.79 Å². The van der Waals surface area contributed by atoms with Crippen molar-refractivity contribution in [1.29, 1.82) is 0 Å². The van der Waals surface area contributed by atoms with Crippen molar-refractivity contribution >= 4 is 17.6 Å². The molecule has 1 aromatic rings. The Morgan fingerprint density at radius 2 is 1.95 bits per heavy atom. The van der Waals surface area contributed by atoms with Gasteiger partial charge in [0.2, 0.25) is 0 Å². The maximum atomic E-state index is 12.1.